The van der Waals surface area contributed by atoms with Gasteiger partial charge in [0.2, 0.25) is 0 Å². The summed E-state index contributed by atoms with van der Waals surface area (Å²) in [5.74, 6) is -2.07. The van der Waals surface area contributed by atoms with Crippen molar-refractivity contribution in [3.8, 4) is 0 Å². The van der Waals surface area contributed by atoms with Crippen LogP contribution in [0.15, 0.2) is 12.2 Å². The van der Waals surface area contributed by atoms with Crippen LogP contribution in [0.4, 0.5) is 0 Å². The maximum absolute atomic E-state index is 11.5. The van der Waals surface area contributed by atoms with Crippen molar-refractivity contribution in [1.82, 2.24) is 0 Å². The molecule has 0 aliphatic carbocycles. The number of rotatable bonds is 19. The van der Waals surface area contributed by atoms with Crippen molar-refractivity contribution >= 4 is 11.9 Å². The smallest absolute Gasteiger partial charge is 0.338 e. The van der Waals surface area contributed by atoms with Crippen LogP contribution in [0, 0.1) is 0 Å². The SMILES string of the molecule is CCCCCCCCC=CCCCCCCCCOC(=O)C(O)C(O)C(=O)OC. The Balaban J connectivity index is 3.42. The Morgan fingerprint density at radius 3 is 1.69 bits per heavy atom. The highest BCUT2D eigenvalue weighted by Gasteiger charge is 2.32. The van der Waals surface area contributed by atoms with E-state index < -0.39 is 24.1 Å². The molecule has 0 heterocycles. The number of methoxy groups -OCH3 is 1. The number of carbonyl (C=O) groups is 2. The molecule has 2 N–H and O–H groups in total. The number of aliphatic hydroxyl groups is 2. The molecule has 0 saturated carbocycles. The van der Waals surface area contributed by atoms with Crippen LogP contribution in [-0.4, -0.2) is 48.1 Å². The van der Waals surface area contributed by atoms with Crippen molar-refractivity contribution in [3.63, 3.8) is 0 Å². The van der Waals surface area contributed by atoms with Crippen LogP contribution < -0.4 is 0 Å². The second-order valence-corrected chi connectivity index (χ2v) is 7.52. The van der Waals surface area contributed by atoms with E-state index in [1.807, 2.05) is 0 Å². The number of ether oxygens (including phenoxy) is 2. The zero-order chi connectivity index (χ0) is 21.7. The summed E-state index contributed by atoms with van der Waals surface area (Å²) < 4.78 is 9.13. The van der Waals surface area contributed by atoms with Crippen LogP contribution in [0.25, 0.3) is 0 Å². The van der Waals surface area contributed by atoms with Crippen molar-refractivity contribution in [1.29, 1.82) is 0 Å². The second-order valence-electron chi connectivity index (χ2n) is 7.52. The quantitative estimate of drug-likeness (QED) is 0.184. The molecule has 0 aromatic carbocycles. The van der Waals surface area contributed by atoms with Crippen molar-refractivity contribution in [2.75, 3.05) is 13.7 Å². The zero-order valence-electron chi connectivity index (χ0n) is 18.4. The van der Waals surface area contributed by atoms with E-state index in [2.05, 4.69) is 23.8 Å². The fourth-order valence-corrected chi connectivity index (χ4v) is 2.99. The molecule has 0 aliphatic heterocycles. The van der Waals surface area contributed by atoms with E-state index in [4.69, 9.17) is 4.74 Å². The standard InChI is InChI=1S/C23H42O6/c1-3-4-5-6-7-8-9-10-11-12-13-14-15-16-17-18-19-29-23(27)21(25)20(24)22(26)28-2/h10-11,20-21,24-25H,3-9,12-19H2,1-2H3. The molecule has 2 atom stereocenters. The van der Waals surface area contributed by atoms with Gasteiger partial charge in [0, 0.05) is 0 Å². The predicted octanol–water partition coefficient (Wildman–Crippen LogP) is 4.46. The Labute approximate surface area is 176 Å². The first-order chi connectivity index (χ1) is 14.0. The molecule has 0 saturated heterocycles. The Hall–Kier alpha value is -1.40. The molecule has 2 unspecified atom stereocenters. The second kappa shape index (κ2) is 19.9. The van der Waals surface area contributed by atoms with Gasteiger partial charge in [-0.1, -0.05) is 76.9 Å². The monoisotopic (exact) mass is 414 g/mol. The van der Waals surface area contributed by atoms with Crippen molar-refractivity contribution in [2.45, 2.75) is 109 Å². The number of esters is 2. The van der Waals surface area contributed by atoms with Gasteiger partial charge >= 0.3 is 11.9 Å². The minimum atomic E-state index is -1.91. The van der Waals surface area contributed by atoms with Gasteiger partial charge < -0.3 is 19.7 Å². The predicted molar refractivity (Wildman–Crippen MR) is 114 cm³/mol. The first-order valence-electron chi connectivity index (χ1n) is 11.3. The van der Waals surface area contributed by atoms with Crippen LogP contribution in [0.3, 0.4) is 0 Å². The van der Waals surface area contributed by atoms with Gasteiger partial charge in [-0.15, -0.1) is 0 Å². The summed E-state index contributed by atoms with van der Waals surface area (Å²) in [7, 11) is 1.07. The first-order valence-corrected chi connectivity index (χ1v) is 11.3. The molecule has 0 spiro atoms. The van der Waals surface area contributed by atoms with Crippen molar-refractivity contribution < 1.29 is 29.3 Å². The number of carbonyl (C=O) groups excluding carboxylic acids is 2. The van der Waals surface area contributed by atoms with Gasteiger partial charge in [-0.3, -0.25) is 0 Å². The highest BCUT2D eigenvalue weighted by molar-refractivity contribution is 5.85. The number of hydrogen-bond donors (Lipinski definition) is 2. The largest absolute Gasteiger partial charge is 0.467 e. The topological polar surface area (TPSA) is 93.1 Å². The Morgan fingerprint density at radius 2 is 1.17 bits per heavy atom. The fourth-order valence-electron chi connectivity index (χ4n) is 2.99. The van der Waals surface area contributed by atoms with Crippen LogP contribution in [0.2, 0.25) is 0 Å². The van der Waals surface area contributed by atoms with Crippen LogP contribution in [-0.2, 0) is 19.1 Å². The molecule has 0 radical (unpaired) electrons. The summed E-state index contributed by atoms with van der Waals surface area (Å²) in [4.78, 5) is 22.6. The maximum Gasteiger partial charge on any atom is 0.338 e. The summed E-state index contributed by atoms with van der Waals surface area (Å²) in [6.07, 6.45) is 17.5. The fraction of sp³-hybridized carbons (Fsp3) is 0.826. The lowest BCUT2D eigenvalue weighted by Gasteiger charge is -2.14. The minimum Gasteiger partial charge on any atom is -0.467 e. The highest BCUT2D eigenvalue weighted by Crippen LogP contribution is 2.10. The van der Waals surface area contributed by atoms with Crippen molar-refractivity contribution in [2.24, 2.45) is 0 Å². The van der Waals surface area contributed by atoms with E-state index >= 15 is 0 Å². The molecule has 170 valence electrons. The normalized spacial score (nSPS) is 13.4. The average Bonchev–Trinajstić information content (AvgIpc) is 2.73. The molecule has 0 aromatic heterocycles. The van der Waals surface area contributed by atoms with Gasteiger partial charge in [0.1, 0.15) is 0 Å². The van der Waals surface area contributed by atoms with Crippen molar-refractivity contribution in [3.05, 3.63) is 12.2 Å². The van der Waals surface area contributed by atoms with E-state index in [1.165, 1.54) is 57.8 Å². The summed E-state index contributed by atoms with van der Waals surface area (Å²) in [6, 6.07) is 0. The van der Waals surface area contributed by atoms with Gasteiger partial charge in [0.15, 0.2) is 12.2 Å². The lowest BCUT2D eigenvalue weighted by molar-refractivity contribution is -0.171. The average molecular weight is 415 g/mol. The van der Waals surface area contributed by atoms with E-state index in [0.29, 0.717) is 6.42 Å². The van der Waals surface area contributed by atoms with Gasteiger partial charge in [0.25, 0.3) is 0 Å². The summed E-state index contributed by atoms with van der Waals surface area (Å²) >= 11 is 0. The van der Waals surface area contributed by atoms with Crippen LogP contribution in [0.5, 0.6) is 0 Å². The highest BCUT2D eigenvalue weighted by atomic mass is 16.6. The molecule has 0 rings (SSSR count). The van der Waals surface area contributed by atoms with E-state index in [-0.39, 0.29) is 6.61 Å². The lowest BCUT2D eigenvalue weighted by atomic mass is 10.1. The Morgan fingerprint density at radius 1 is 0.724 bits per heavy atom. The molecule has 6 heteroatoms. The van der Waals surface area contributed by atoms with Crippen LogP contribution >= 0.6 is 0 Å². The summed E-state index contributed by atoms with van der Waals surface area (Å²) in [5, 5.41) is 18.9. The lowest BCUT2D eigenvalue weighted by Crippen LogP contribution is -2.41. The van der Waals surface area contributed by atoms with Gasteiger partial charge in [-0.2, -0.15) is 0 Å². The Kier molecular flexibility index (Phi) is 18.9. The number of unbranched alkanes of at least 4 members (excludes halogenated alkanes) is 12. The first kappa shape index (κ1) is 27.6. The van der Waals surface area contributed by atoms with E-state index in [9.17, 15) is 19.8 Å². The maximum atomic E-state index is 11.5. The number of hydrogen-bond acceptors (Lipinski definition) is 6. The molecule has 0 aromatic rings. The summed E-state index contributed by atoms with van der Waals surface area (Å²) in [5.41, 5.74) is 0. The van der Waals surface area contributed by atoms with Gasteiger partial charge in [-0.05, 0) is 32.1 Å². The molecule has 0 bridgehead atoms. The molecule has 0 aliphatic rings. The summed E-state index contributed by atoms with van der Waals surface area (Å²) in [6.45, 7) is 2.42. The molecule has 29 heavy (non-hydrogen) atoms. The van der Waals surface area contributed by atoms with E-state index in [1.54, 1.807) is 0 Å². The third-order valence-electron chi connectivity index (χ3n) is 4.88. The molecule has 0 fully saturated rings. The van der Waals surface area contributed by atoms with Gasteiger partial charge in [-0.25, -0.2) is 9.59 Å². The molecular weight excluding hydrogens is 372 g/mol. The third kappa shape index (κ3) is 16.1. The van der Waals surface area contributed by atoms with Crippen LogP contribution in [0.1, 0.15) is 96.8 Å². The molecule has 6 nitrogen and oxygen atoms in total. The van der Waals surface area contributed by atoms with Gasteiger partial charge in [0.05, 0.1) is 13.7 Å². The minimum absolute atomic E-state index is 0.172. The van der Waals surface area contributed by atoms with E-state index in [0.717, 1.165) is 32.8 Å². The molecular formula is C23H42O6. The third-order valence-corrected chi connectivity index (χ3v) is 4.88. The number of allylic oxidation sites excluding steroid dienone is 2. The number of aliphatic hydroxyl groups excluding tert-OH is 2. The Bertz CT molecular complexity index is 435. The zero-order valence-corrected chi connectivity index (χ0v) is 18.4. The molecule has 0 amide bonds.